The van der Waals surface area contributed by atoms with E-state index in [4.69, 9.17) is 0 Å². The zero-order valence-corrected chi connectivity index (χ0v) is 17.8. The molecule has 0 radical (unpaired) electrons. The Kier molecular flexibility index (Phi) is 6.08. The van der Waals surface area contributed by atoms with Crippen molar-refractivity contribution in [2.24, 2.45) is 0 Å². The number of nitrogens with zero attached hydrogens (tertiary/aromatic N) is 5. The van der Waals surface area contributed by atoms with E-state index in [1.165, 1.54) is 17.8 Å². The molecule has 31 heavy (non-hydrogen) atoms. The number of thioether (sulfide) groups is 1. The summed E-state index contributed by atoms with van der Waals surface area (Å²) in [6, 6.07) is 19.4. The van der Waals surface area contributed by atoms with Gasteiger partial charge in [-0.25, -0.2) is 4.39 Å². The van der Waals surface area contributed by atoms with Crippen LogP contribution in [0.5, 0.6) is 0 Å². The van der Waals surface area contributed by atoms with Crippen molar-refractivity contribution < 1.29 is 9.18 Å². The molecule has 2 aromatic carbocycles. The molecule has 0 aliphatic heterocycles. The highest BCUT2D eigenvalue weighted by atomic mass is 32.2. The van der Waals surface area contributed by atoms with Gasteiger partial charge in [0.15, 0.2) is 11.0 Å². The Morgan fingerprint density at radius 2 is 1.77 bits per heavy atom. The highest BCUT2D eigenvalue weighted by molar-refractivity contribution is 8.00. The molecular weight excluding hydrogens is 413 g/mol. The molecule has 0 aliphatic rings. The van der Waals surface area contributed by atoms with E-state index in [-0.39, 0.29) is 5.91 Å². The Labute approximate surface area is 183 Å². The van der Waals surface area contributed by atoms with Gasteiger partial charge in [0.2, 0.25) is 5.91 Å². The average molecular weight is 434 g/mol. The molecule has 0 spiro atoms. The van der Waals surface area contributed by atoms with Crippen LogP contribution in [-0.4, -0.2) is 38.0 Å². The standard InChI is InChI=1S/C23H20FN5OS/c1-16(22(30)28(2)18-10-4-3-5-11-18)31-23-27-26-21(17-9-8-14-25-15-17)29(23)20-13-7-6-12-19(20)24/h3-16H,1-2H3/t16-/m1/s1. The molecule has 8 heteroatoms. The zero-order valence-electron chi connectivity index (χ0n) is 17.0. The molecule has 0 aliphatic carbocycles. The van der Waals surface area contributed by atoms with Crippen LogP contribution in [0.4, 0.5) is 10.1 Å². The third kappa shape index (κ3) is 4.34. The third-order valence-electron chi connectivity index (χ3n) is 4.75. The number of benzene rings is 2. The van der Waals surface area contributed by atoms with Crippen molar-refractivity contribution in [1.82, 2.24) is 19.7 Å². The lowest BCUT2D eigenvalue weighted by atomic mass is 10.2. The molecule has 2 heterocycles. The van der Waals surface area contributed by atoms with Crippen molar-refractivity contribution in [3.8, 4) is 17.1 Å². The van der Waals surface area contributed by atoms with Gasteiger partial charge >= 0.3 is 0 Å². The number of para-hydroxylation sites is 2. The van der Waals surface area contributed by atoms with Crippen LogP contribution < -0.4 is 4.90 Å². The first kappa shape index (κ1) is 20.7. The van der Waals surface area contributed by atoms with Crippen LogP contribution in [0.15, 0.2) is 84.3 Å². The quantitative estimate of drug-likeness (QED) is 0.416. The maximum absolute atomic E-state index is 14.7. The summed E-state index contributed by atoms with van der Waals surface area (Å²) in [6.07, 6.45) is 3.30. The van der Waals surface area contributed by atoms with Gasteiger partial charge in [-0.3, -0.25) is 14.3 Å². The topological polar surface area (TPSA) is 63.9 Å². The monoisotopic (exact) mass is 433 g/mol. The molecule has 0 fully saturated rings. The zero-order chi connectivity index (χ0) is 21.8. The lowest BCUT2D eigenvalue weighted by molar-refractivity contribution is -0.117. The van der Waals surface area contributed by atoms with Crippen LogP contribution in [0, 0.1) is 5.82 Å². The second-order valence-corrected chi connectivity index (χ2v) is 8.14. The summed E-state index contributed by atoms with van der Waals surface area (Å²) in [7, 11) is 1.73. The summed E-state index contributed by atoms with van der Waals surface area (Å²) < 4.78 is 16.3. The highest BCUT2D eigenvalue weighted by Crippen LogP contribution is 2.31. The van der Waals surface area contributed by atoms with Crippen LogP contribution in [0.1, 0.15) is 6.92 Å². The molecule has 156 valence electrons. The summed E-state index contributed by atoms with van der Waals surface area (Å²) in [5.41, 5.74) is 1.81. The highest BCUT2D eigenvalue weighted by Gasteiger charge is 2.25. The maximum atomic E-state index is 14.7. The molecule has 4 rings (SSSR count). The fourth-order valence-corrected chi connectivity index (χ4v) is 4.09. The summed E-state index contributed by atoms with van der Waals surface area (Å²) in [4.78, 5) is 18.7. The fraction of sp³-hybridized carbons (Fsp3) is 0.130. The van der Waals surface area contributed by atoms with Crippen molar-refractivity contribution in [2.75, 3.05) is 11.9 Å². The van der Waals surface area contributed by atoms with E-state index >= 15 is 0 Å². The largest absolute Gasteiger partial charge is 0.315 e. The fourth-order valence-electron chi connectivity index (χ4n) is 3.14. The van der Waals surface area contributed by atoms with Gasteiger partial charge in [-0.2, -0.15) is 0 Å². The predicted molar refractivity (Wildman–Crippen MR) is 120 cm³/mol. The van der Waals surface area contributed by atoms with Gasteiger partial charge in [-0.15, -0.1) is 10.2 Å². The van der Waals surface area contributed by atoms with Crippen molar-refractivity contribution in [3.63, 3.8) is 0 Å². The average Bonchev–Trinajstić information content (AvgIpc) is 3.22. The Morgan fingerprint density at radius 3 is 2.48 bits per heavy atom. The molecule has 0 unspecified atom stereocenters. The van der Waals surface area contributed by atoms with Crippen molar-refractivity contribution >= 4 is 23.4 Å². The van der Waals surface area contributed by atoms with Crippen LogP contribution >= 0.6 is 11.8 Å². The minimum absolute atomic E-state index is 0.0952. The molecule has 6 nitrogen and oxygen atoms in total. The normalized spacial score (nSPS) is 11.8. The number of amides is 1. The lowest BCUT2D eigenvalue weighted by Gasteiger charge is -2.21. The first-order chi connectivity index (χ1) is 15.1. The molecule has 0 saturated carbocycles. The van der Waals surface area contributed by atoms with Gasteiger partial charge in [0.25, 0.3) is 0 Å². The third-order valence-corrected chi connectivity index (χ3v) is 5.78. The van der Waals surface area contributed by atoms with E-state index < -0.39 is 11.1 Å². The molecule has 0 N–H and O–H groups in total. The van der Waals surface area contributed by atoms with E-state index in [2.05, 4.69) is 15.2 Å². The SMILES string of the molecule is C[C@@H](Sc1nnc(-c2cccnc2)n1-c1ccccc1F)C(=O)N(C)c1ccccc1. The van der Waals surface area contributed by atoms with Gasteiger partial charge in [0.05, 0.1) is 10.9 Å². The summed E-state index contributed by atoms with van der Waals surface area (Å²) in [5, 5.41) is 8.51. The molecule has 2 aromatic heterocycles. The lowest BCUT2D eigenvalue weighted by Crippen LogP contribution is -2.33. The summed E-state index contributed by atoms with van der Waals surface area (Å²) >= 11 is 1.23. The molecule has 1 atom stereocenters. The van der Waals surface area contributed by atoms with Gasteiger partial charge < -0.3 is 4.90 Å². The van der Waals surface area contributed by atoms with Gasteiger partial charge in [0, 0.05) is 30.7 Å². The number of halogens is 1. The van der Waals surface area contributed by atoms with Crippen molar-refractivity contribution in [1.29, 1.82) is 0 Å². The molecule has 0 bridgehead atoms. The maximum Gasteiger partial charge on any atom is 0.240 e. The minimum Gasteiger partial charge on any atom is -0.315 e. The summed E-state index contributed by atoms with van der Waals surface area (Å²) in [6.45, 7) is 1.80. The Morgan fingerprint density at radius 1 is 1.03 bits per heavy atom. The number of hydrogen-bond donors (Lipinski definition) is 0. The summed E-state index contributed by atoms with van der Waals surface area (Å²) in [5.74, 6) is -0.0475. The minimum atomic E-state index is -0.471. The van der Waals surface area contributed by atoms with Gasteiger partial charge in [0.1, 0.15) is 5.82 Å². The van der Waals surface area contributed by atoms with Gasteiger partial charge in [-0.1, -0.05) is 42.1 Å². The first-order valence-corrected chi connectivity index (χ1v) is 10.5. The van der Waals surface area contributed by atoms with E-state index in [9.17, 15) is 9.18 Å². The molecule has 1 amide bonds. The molecule has 4 aromatic rings. The van der Waals surface area contributed by atoms with E-state index in [1.807, 2.05) is 36.4 Å². The van der Waals surface area contributed by atoms with Crippen LogP contribution in [0.2, 0.25) is 0 Å². The van der Waals surface area contributed by atoms with E-state index in [1.54, 1.807) is 60.1 Å². The number of carbonyl (C=O) groups excluding carboxylic acids is 1. The van der Waals surface area contributed by atoms with Crippen LogP contribution in [0.25, 0.3) is 17.1 Å². The molecular formula is C23H20FN5OS. The van der Waals surface area contributed by atoms with Crippen molar-refractivity contribution in [3.05, 3.63) is 84.9 Å². The van der Waals surface area contributed by atoms with Gasteiger partial charge in [-0.05, 0) is 43.3 Å². The number of pyridine rings is 1. The number of rotatable bonds is 6. The second-order valence-electron chi connectivity index (χ2n) is 6.83. The molecule has 0 saturated heterocycles. The van der Waals surface area contributed by atoms with Crippen molar-refractivity contribution in [2.45, 2.75) is 17.3 Å². The predicted octanol–water partition coefficient (Wildman–Crippen LogP) is 4.61. The number of aromatic nitrogens is 4. The Balaban J connectivity index is 1.69. The number of anilines is 1. The van der Waals surface area contributed by atoms with Crippen LogP contribution in [-0.2, 0) is 4.79 Å². The number of carbonyl (C=O) groups is 1. The second kappa shape index (κ2) is 9.09. The first-order valence-electron chi connectivity index (χ1n) is 9.66. The van der Waals surface area contributed by atoms with E-state index in [0.29, 0.717) is 22.2 Å². The van der Waals surface area contributed by atoms with E-state index in [0.717, 1.165) is 5.69 Å². The van der Waals surface area contributed by atoms with Crippen LogP contribution in [0.3, 0.4) is 0 Å². The Hall–Kier alpha value is -3.52. The Bertz CT molecular complexity index is 1180. The smallest absolute Gasteiger partial charge is 0.240 e. The number of hydrogen-bond acceptors (Lipinski definition) is 5.